The summed E-state index contributed by atoms with van der Waals surface area (Å²) in [5, 5.41) is 16.2. The maximum absolute atomic E-state index is 12.2. The maximum atomic E-state index is 12.2. The van der Waals surface area contributed by atoms with Crippen molar-refractivity contribution < 1.29 is 19.2 Å². The van der Waals surface area contributed by atoms with Crippen molar-refractivity contribution in [3.05, 3.63) is 63.7 Å². The predicted molar refractivity (Wildman–Crippen MR) is 104 cm³/mol. The van der Waals surface area contributed by atoms with Gasteiger partial charge in [0.2, 0.25) is 5.91 Å². The van der Waals surface area contributed by atoms with Crippen LogP contribution < -0.4 is 15.4 Å². The Morgan fingerprint density at radius 3 is 2.64 bits per heavy atom. The molecule has 0 saturated carbocycles. The van der Waals surface area contributed by atoms with Gasteiger partial charge in [0.1, 0.15) is 12.4 Å². The fourth-order valence-corrected chi connectivity index (χ4v) is 2.39. The van der Waals surface area contributed by atoms with Gasteiger partial charge in [0.15, 0.2) is 0 Å². The van der Waals surface area contributed by atoms with Gasteiger partial charge in [-0.05, 0) is 25.1 Å². The molecular formula is C20H19N3O5. The van der Waals surface area contributed by atoms with E-state index in [1.165, 1.54) is 32.0 Å². The largest absolute Gasteiger partial charge is 0.481 e. The van der Waals surface area contributed by atoms with Crippen LogP contribution in [0, 0.1) is 28.9 Å². The summed E-state index contributed by atoms with van der Waals surface area (Å²) in [5.74, 6) is 5.46. The molecule has 2 amide bonds. The molecule has 28 heavy (non-hydrogen) atoms. The van der Waals surface area contributed by atoms with Gasteiger partial charge in [-0.3, -0.25) is 19.7 Å². The topological polar surface area (TPSA) is 111 Å². The first-order valence-corrected chi connectivity index (χ1v) is 8.37. The Balaban J connectivity index is 1.84. The third-order valence-electron chi connectivity index (χ3n) is 3.67. The maximum Gasteiger partial charge on any atom is 0.273 e. The van der Waals surface area contributed by atoms with E-state index in [1.54, 1.807) is 24.3 Å². The van der Waals surface area contributed by atoms with Crippen molar-refractivity contribution in [2.45, 2.75) is 13.8 Å². The van der Waals surface area contributed by atoms with E-state index in [9.17, 15) is 19.7 Å². The van der Waals surface area contributed by atoms with Crippen LogP contribution in [0.15, 0.2) is 42.5 Å². The van der Waals surface area contributed by atoms with Gasteiger partial charge in [0.25, 0.3) is 11.6 Å². The van der Waals surface area contributed by atoms with E-state index >= 15 is 0 Å². The number of nitro benzene ring substituents is 1. The lowest BCUT2D eigenvalue weighted by Crippen LogP contribution is -2.24. The molecule has 2 N–H and O–H groups in total. The molecular weight excluding hydrogens is 362 g/mol. The van der Waals surface area contributed by atoms with Crippen molar-refractivity contribution in [1.29, 1.82) is 0 Å². The van der Waals surface area contributed by atoms with Crippen LogP contribution in [0.5, 0.6) is 5.75 Å². The van der Waals surface area contributed by atoms with Crippen molar-refractivity contribution in [2.75, 3.05) is 18.5 Å². The highest BCUT2D eigenvalue weighted by atomic mass is 16.6. The number of nitrogens with zero attached hydrogens (tertiary/aromatic N) is 1. The van der Waals surface area contributed by atoms with Crippen LogP contribution in [0.4, 0.5) is 11.4 Å². The number of hydrogen-bond donors (Lipinski definition) is 2. The molecule has 8 heteroatoms. The fraction of sp³-hybridized carbons (Fsp3) is 0.200. The van der Waals surface area contributed by atoms with E-state index in [0.717, 1.165) is 0 Å². The first-order chi connectivity index (χ1) is 13.4. The van der Waals surface area contributed by atoms with Crippen LogP contribution in [0.25, 0.3) is 0 Å². The molecule has 0 aliphatic carbocycles. The molecule has 0 aliphatic rings. The number of ether oxygens (including phenoxy) is 1. The third-order valence-corrected chi connectivity index (χ3v) is 3.67. The lowest BCUT2D eigenvalue weighted by atomic mass is 10.1. The van der Waals surface area contributed by atoms with Gasteiger partial charge in [-0.1, -0.05) is 24.0 Å². The predicted octanol–water partition coefficient (Wildman–Crippen LogP) is 2.67. The van der Waals surface area contributed by atoms with E-state index in [4.69, 9.17) is 4.74 Å². The Labute approximate surface area is 162 Å². The van der Waals surface area contributed by atoms with Crippen molar-refractivity contribution in [2.24, 2.45) is 0 Å². The molecule has 0 atom stereocenters. The second kappa shape index (κ2) is 9.73. The lowest BCUT2D eigenvalue weighted by Gasteiger charge is -2.06. The highest BCUT2D eigenvalue weighted by Gasteiger charge is 2.17. The van der Waals surface area contributed by atoms with Crippen LogP contribution in [0.2, 0.25) is 0 Å². The minimum Gasteiger partial charge on any atom is -0.481 e. The highest BCUT2D eigenvalue weighted by molar-refractivity contribution is 5.96. The molecule has 0 saturated heterocycles. The Morgan fingerprint density at radius 1 is 1.18 bits per heavy atom. The summed E-state index contributed by atoms with van der Waals surface area (Å²) >= 11 is 0. The number of benzene rings is 2. The second-order valence-electron chi connectivity index (χ2n) is 5.74. The average Bonchev–Trinajstić information content (AvgIpc) is 2.64. The van der Waals surface area contributed by atoms with Crippen molar-refractivity contribution in [3.8, 4) is 17.6 Å². The number of rotatable bonds is 6. The minimum absolute atomic E-state index is 0.0796. The molecule has 0 fully saturated rings. The molecule has 0 bridgehead atoms. The second-order valence-corrected chi connectivity index (χ2v) is 5.74. The quantitative estimate of drug-likeness (QED) is 0.454. The van der Waals surface area contributed by atoms with Gasteiger partial charge in [0, 0.05) is 35.9 Å². The SMILES string of the molecule is CC(=O)Nc1cccc(OCC#CCNC(=O)c2cccc([N+](=O)[O-])c2C)c1. The fourth-order valence-electron chi connectivity index (χ4n) is 2.39. The highest BCUT2D eigenvalue weighted by Crippen LogP contribution is 2.20. The molecule has 0 aromatic heterocycles. The number of carbonyl (C=O) groups is 2. The zero-order valence-corrected chi connectivity index (χ0v) is 15.4. The molecule has 8 nitrogen and oxygen atoms in total. The molecule has 0 heterocycles. The molecule has 0 spiro atoms. The first-order valence-electron chi connectivity index (χ1n) is 8.37. The van der Waals surface area contributed by atoms with Gasteiger partial charge in [0.05, 0.1) is 11.5 Å². The molecule has 2 aromatic rings. The number of anilines is 1. The number of amides is 2. The Kier molecular flexibility index (Phi) is 7.11. The van der Waals surface area contributed by atoms with Crippen molar-refractivity contribution in [3.63, 3.8) is 0 Å². The smallest absolute Gasteiger partial charge is 0.273 e. The number of hydrogen-bond acceptors (Lipinski definition) is 5. The summed E-state index contributed by atoms with van der Waals surface area (Å²) in [4.78, 5) is 33.6. The van der Waals surface area contributed by atoms with Crippen LogP contribution in [-0.2, 0) is 4.79 Å². The Bertz CT molecular complexity index is 960. The summed E-state index contributed by atoms with van der Waals surface area (Å²) in [5.41, 5.74) is 1.06. The Hall–Kier alpha value is -3.86. The van der Waals surface area contributed by atoms with Crippen LogP contribution >= 0.6 is 0 Å². The minimum atomic E-state index is -0.524. The van der Waals surface area contributed by atoms with E-state index in [0.29, 0.717) is 17.0 Å². The Morgan fingerprint density at radius 2 is 1.93 bits per heavy atom. The van der Waals surface area contributed by atoms with Gasteiger partial charge in [-0.2, -0.15) is 0 Å². The van der Waals surface area contributed by atoms with Crippen LogP contribution in [-0.4, -0.2) is 29.9 Å². The summed E-state index contributed by atoms with van der Waals surface area (Å²) in [6.07, 6.45) is 0. The van der Waals surface area contributed by atoms with E-state index in [2.05, 4.69) is 22.5 Å². The summed E-state index contributed by atoms with van der Waals surface area (Å²) in [7, 11) is 0. The number of nitro groups is 1. The van der Waals surface area contributed by atoms with Gasteiger partial charge >= 0.3 is 0 Å². The standard InChI is InChI=1S/C20H19N3O5/c1-14-18(9-6-10-19(14)23(26)27)20(25)21-11-3-4-12-28-17-8-5-7-16(13-17)22-15(2)24/h5-10,13H,11-12H2,1-2H3,(H,21,25)(H,22,24). The molecule has 144 valence electrons. The van der Waals surface area contributed by atoms with E-state index in [1.807, 2.05) is 0 Å². The van der Waals surface area contributed by atoms with Gasteiger partial charge in [-0.15, -0.1) is 0 Å². The zero-order valence-electron chi connectivity index (χ0n) is 15.4. The third kappa shape index (κ3) is 5.85. The van der Waals surface area contributed by atoms with Crippen LogP contribution in [0.1, 0.15) is 22.8 Å². The van der Waals surface area contributed by atoms with Gasteiger partial charge < -0.3 is 15.4 Å². The first kappa shape index (κ1) is 20.5. The molecule has 0 radical (unpaired) electrons. The molecule has 2 rings (SSSR count). The van der Waals surface area contributed by atoms with Crippen molar-refractivity contribution >= 4 is 23.2 Å². The normalized spacial score (nSPS) is 9.64. The molecule has 2 aromatic carbocycles. The van der Waals surface area contributed by atoms with Crippen molar-refractivity contribution in [1.82, 2.24) is 5.32 Å². The summed E-state index contributed by atoms with van der Waals surface area (Å²) < 4.78 is 5.47. The molecule has 0 unspecified atom stereocenters. The van der Waals surface area contributed by atoms with Crippen LogP contribution in [0.3, 0.4) is 0 Å². The lowest BCUT2D eigenvalue weighted by molar-refractivity contribution is -0.385. The van der Waals surface area contributed by atoms with E-state index in [-0.39, 0.29) is 30.3 Å². The summed E-state index contributed by atoms with van der Waals surface area (Å²) in [6.45, 7) is 3.13. The average molecular weight is 381 g/mol. The van der Waals surface area contributed by atoms with Gasteiger partial charge in [-0.25, -0.2) is 0 Å². The zero-order chi connectivity index (χ0) is 20.5. The molecule has 0 aliphatic heterocycles. The summed E-state index contributed by atoms with van der Waals surface area (Å²) in [6, 6.07) is 11.2. The number of nitrogens with one attached hydrogen (secondary N) is 2. The monoisotopic (exact) mass is 381 g/mol. The number of carbonyl (C=O) groups excluding carboxylic acids is 2. The van der Waals surface area contributed by atoms with E-state index < -0.39 is 10.8 Å².